The number of rotatable bonds is 6. The first-order valence-corrected chi connectivity index (χ1v) is 12.3. The number of phenolic OH excluding ortho intramolecular Hbond substituents is 1. The number of aromatic hydroxyl groups is 1. The van der Waals surface area contributed by atoms with Crippen LogP contribution in [0.4, 0.5) is 4.39 Å². The SMILES string of the molecule is CC1=C(c2ccc(F)cc2)[C@H](c2ccc(OCC(C)N3CCC(C)C3)cc2)Oc2ccc(O)cc21. The first kappa shape index (κ1) is 23.4. The molecule has 4 nitrogen and oxygen atoms in total. The molecule has 0 saturated carbocycles. The monoisotopic (exact) mass is 473 g/mol. The summed E-state index contributed by atoms with van der Waals surface area (Å²) in [4.78, 5) is 2.49. The molecule has 2 aliphatic heterocycles. The van der Waals surface area contributed by atoms with Gasteiger partial charge in [-0.25, -0.2) is 4.39 Å². The summed E-state index contributed by atoms with van der Waals surface area (Å²) in [6, 6.07) is 20.0. The van der Waals surface area contributed by atoms with E-state index < -0.39 is 0 Å². The molecule has 0 spiro atoms. The summed E-state index contributed by atoms with van der Waals surface area (Å²) in [6.07, 6.45) is 0.892. The second kappa shape index (κ2) is 9.74. The molecular formula is C30H32FNO3. The van der Waals surface area contributed by atoms with Gasteiger partial charge >= 0.3 is 0 Å². The van der Waals surface area contributed by atoms with Gasteiger partial charge in [-0.1, -0.05) is 31.2 Å². The zero-order chi connectivity index (χ0) is 24.5. The van der Waals surface area contributed by atoms with E-state index in [-0.39, 0.29) is 17.7 Å². The number of halogens is 1. The molecular weight excluding hydrogens is 441 g/mol. The van der Waals surface area contributed by atoms with Crippen LogP contribution in [-0.2, 0) is 0 Å². The molecule has 3 aromatic rings. The maximum atomic E-state index is 13.7. The van der Waals surface area contributed by atoms with Gasteiger partial charge in [-0.2, -0.15) is 0 Å². The van der Waals surface area contributed by atoms with Crippen molar-refractivity contribution in [3.63, 3.8) is 0 Å². The Bertz CT molecular complexity index is 1220. The molecule has 182 valence electrons. The lowest BCUT2D eigenvalue weighted by Crippen LogP contribution is -2.35. The van der Waals surface area contributed by atoms with Gasteiger partial charge in [0, 0.05) is 23.7 Å². The van der Waals surface area contributed by atoms with E-state index in [9.17, 15) is 9.50 Å². The fourth-order valence-corrected chi connectivity index (χ4v) is 5.10. The third kappa shape index (κ3) is 4.92. The van der Waals surface area contributed by atoms with Crippen LogP contribution in [0.1, 0.15) is 50.0 Å². The topological polar surface area (TPSA) is 41.9 Å². The highest BCUT2D eigenvalue weighted by Crippen LogP contribution is 2.47. The van der Waals surface area contributed by atoms with Crippen molar-refractivity contribution in [1.82, 2.24) is 4.90 Å². The molecule has 0 aliphatic carbocycles. The number of phenols is 1. The summed E-state index contributed by atoms with van der Waals surface area (Å²) in [5.74, 6) is 2.21. The van der Waals surface area contributed by atoms with Gasteiger partial charge in [-0.3, -0.25) is 4.90 Å². The number of hydrogen-bond acceptors (Lipinski definition) is 4. The second-order valence-electron chi connectivity index (χ2n) is 9.84. The van der Waals surface area contributed by atoms with E-state index in [1.165, 1.54) is 18.6 Å². The van der Waals surface area contributed by atoms with Gasteiger partial charge in [0.2, 0.25) is 0 Å². The Morgan fingerprint density at radius 3 is 2.51 bits per heavy atom. The van der Waals surface area contributed by atoms with Gasteiger partial charge < -0.3 is 14.6 Å². The largest absolute Gasteiger partial charge is 0.508 e. The first-order valence-electron chi connectivity index (χ1n) is 12.3. The highest BCUT2D eigenvalue weighted by atomic mass is 19.1. The van der Waals surface area contributed by atoms with E-state index in [2.05, 4.69) is 18.7 Å². The van der Waals surface area contributed by atoms with Gasteiger partial charge in [0.1, 0.15) is 35.8 Å². The van der Waals surface area contributed by atoms with Gasteiger partial charge in [-0.15, -0.1) is 0 Å². The molecule has 0 bridgehead atoms. The van der Waals surface area contributed by atoms with Gasteiger partial charge in [0.25, 0.3) is 0 Å². The van der Waals surface area contributed by atoms with Crippen LogP contribution in [0, 0.1) is 11.7 Å². The van der Waals surface area contributed by atoms with Crippen molar-refractivity contribution < 1.29 is 19.0 Å². The van der Waals surface area contributed by atoms with Crippen molar-refractivity contribution in [3.8, 4) is 17.2 Å². The quantitative estimate of drug-likeness (QED) is 0.432. The normalized spacial score (nSPS) is 20.9. The molecule has 3 atom stereocenters. The fourth-order valence-electron chi connectivity index (χ4n) is 5.10. The average molecular weight is 474 g/mol. The molecule has 2 heterocycles. The third-order valence-electron chi connectivity index (χ3n) is 7.19. The lowest BCUT2D eigenvalue weighted by molar-refractivity contribution is 0.169. The van der Waals surface area contributed by atoms with Crippen LogP contribution >= 0.6 is 0 Å². The predicted octanol–water partition coefficient (Wildman–Crippen LogP) is 6.70. The van der Waals surface area contributed by atoms with Crippen molar-refractivity contribution >= 4 is 11.1 Å². The molecule has 0 amide bonds. The van der Waals surface area contributed by atoms with Crippen LogP contribution in [0.25, 0.3) is 11.1 Å². The Hall–Kier alpha value is -3.31. The van der Waals surface area contributed by atoms with E-state index >= 15 is 0 Å². The van der Waals surface area contributed by atoms with Crippen molar-refractivity contribution in [2.24, 2.45) is 5.92 Å². The minimum absolute atomic E-state index is 0.183. The van der Waals surface area contributed by atoms with E-state index in [1.807, 2.05) is 31.2 Å². The summed E-state index contributed by atoms with van der Waals surface area (Å²) in [5.41, 5.74) is 4.65. The smallest absolute Gasteiger partial charge is 0.150 e. The van der Waals surface area contributed by atoms with Crippen LogP contribution in [0.2, 0.25) is 0 Å². The van der Waals surface area contributed by atoms with Crippen LogP contribution in [0.5, 0.6) is 17.2 Å². The van der Waals surface area contributed by atoms with E-state index in [0.29, 0.717) is 18.4 Å². The zero-order valence-corrected chi connectivity index (χ0v) is 20.5. The van der Waals surface area contributed by atoms with Gasteiger partial charge in [0.15, 0.2) is 0 Å². The molecule has 0 radical (unpaired) electrons. The molecule has 1 N–H and O–H groups in total. The van der Waals surface area contributed by atoms with Gasteiger partial charge in [-0.05, 0) is 91.9 Å². The lowest BCUT2D eigenvalue weighted by Gasteiger charge is -2.31. The minimum atomic E-state index is -0.364. The summed E-state index contributed by atoms with van der Waals surface area (Å²) in [5, 5.41) is 10.0. The standard InChI is InChI=1S/C30H32FNO3/c1-19-14-15-32(17-19)20(2)18-34-26-11-6-23(7-12-26)30-29(22-4-8-24(31)9-5-22)21(3)27-16-25(33)10-13-28(27)35-30/h4-13,16,19-20,30,33H,14-15,17-18H2,1-3H3/t19?,20?,30-/m0/s1. The van der Waals surface area contributed by atoms with Crippen LogP contribution in [0.3, 0.4) is 0 Å². The van der Waals surface area contributed by atoms with Crippen molar-refractivity contribution in [2.45, 2.75) is 39.3 Å². The van der Waals surface area contributed by atoms with E-state index in [0.717, 1.165) is 52.6 Å². The number of benzene rings is 3. The van der Waals surface area contributed by atoms with Crippen LogP contribution in [-0.4, -0.2) is 35.7 Å². The Labute approximate surface area is 206 Å². The number of ether oxygens (including phenoxy) is 2. The number of hydrogen-bond donors (Lipinski definition) is 1. The summed E-state index contributed by atoms with van der Waals surface area (Å²) < 4.78 is 26.2. The molecule has 5 rings (SSSR count). The van der Waals surface area contributed by atoms with Crippen LogP contribution in [0.15, 0.2) is 66.7 Å². The third-order valence-corrected chi connectivity index (χ3v) is 7.19. The summed E-state index contributed by atoms with van der Waals surface area (Å²) in [7, 11) is 0. The Balaban J connectivity index is 1.40. The highest BCUT2D eigenvalue weighted by molar-refractivity contribution is 5.95. The molecule has 2 aliphatic rings. The molecule has 35 heavy (non-hydrogen) atoms. The minimum Gasteiger partial charge on any atom is -0.508 e. The molecule has 0 aromatic heterocycles. The number of fused-ring (bicyclic) bond motifs is 1. The zero-order valence-electron chi connectivity index (χ0n) is 20.5. The molecule has 1 fully saturated rings. The predicted molar refractivity (Wildman–Crippen MR) is 137 cm³/mol. The molecule has 5 heteroatoms. The van der Waals surface area contributed by atoms with E-state index in [4.69, 9.17) is 9.47 Å². The average Bonchev–Trinajstić information content (AvgIpc) is 3.30. The Morgan fingerprint density at radius 2 is 1.83 bits per heavy atom. The van der Waals surface area contributed by atoms with Crippen molar-refractivity contribution in [3.05, 3.63) is 89.2 Å². The van der Waals surface area contributed by atoms with Crippen molar-refractivity contribution in [1.29, 1.82) is 0 Å². The second-order valence-corrected chi connectivity index (χ2v) is 9.84. The molecule has 2 unspecified atom stereocenters. The number of allylic oxidation sites excluding steroid dienone is 1. The maximum absolute atomic E-state index is 13.7. The first-order chi connectivity index (χ1) is 16.9. The number of likely N-dealkylation sites (tertiary alicyclic amines) is 1. The Morgan fingerprint density at radius 1 is 1.09 bits per heavy atom. The van der Waals surface area contributed by atoms with E-state index in [1.54, 1.807) is 30.3 Å². The van der Waals surface area contributed by atoms with Crippen LogP contribution < -0.4 is 9.47 Å². The summed E-state index contributed by atoms with van der Waals surface area (Å²) >= 11 is 0. The Kier molecular flexibility index (Phi) is 6.52. The fraction of sp³-hybridized carbons (Fsp3) is 0.333. The lowest BCUT2D eigenvalue weighted by atomic mass is 9.86. The van der Waals surface area contributed by atoms with Gasteiger partial charge in [0.05, 0.1) is 0 Å². The van der Waals surface area contributed by atoms with Crippen molar-refractivity contribution in [2.75, 3.05) is 19.7 Å². The molecule has 3 aromatic carbocycles. The molecule has 1 saturated heterocycles. The number of nitrogens with zero attached hydrogens (tertiary/aromatic N) is 1. The summed E-state index contributed by atoms with van der Waals surface area (Å²) in [6.45, 7) is 9.48. The highest BCUT2D eigenvalue weighted by Gasteiger charge is 2.30. The maximum Gasteiger partial charge on any atom is 0.150 e.